The van der Waals surface area contributed by atoms with Crippen LogP contribution in [0.25, 0.3) is 0 Å². The van der Waals surface area contributed by atoms with Gasteiger partial charge in [0, 0.05) is 19.1 Å². The van der Waals surface area contributed by atoms with Crippen molar-refractivity contribution in [2.75, 3.05) is 26.2 Å². The van der Waals surface area contributed by atoms with E-state index < -0.39 is 5.41 Å². The van der Waals surface area contributed by atoms with Crippen LogP contribution in [0, 0.1) is 5.82 Å². The Bertz CT molecular complexity index is 593. The van der Waals surface area contributed by atoms with Gasteiger partial charge in [-0.3, -0.25) is 9.69 Å². The molecule has 0 spiro atoms. The normalized spacial score (nSPS) is 27.2. The Hall–Kier alpha value is -1.42. The summed E-state index contributed by atoms with van der Waals surface area (Å²) in [5.41, 5.74) is 0.417. The van der Waals surface area contributed by atoms with Gasteiger partial charge in [0.05, 0.1) is 5.41 Å². The lowest BCUT2D eigenvalue weighted by molar-refractivity contribution is -0.140. The monoisotopic (exact) mass is 316 g/mol. The highest BCUT2D eigenvalue weighted by Crippen LogP contribution is 2.46. The third-order valence-electron chi connectivity index (χ3n) is 6.10. The number of carbonyl (C=O) groups excluding carboxylic acids is 1. The minimum Gasteiger partial charge on any atom is -0.340 e. The van der Waals surface area contributed by atoms with Crippen molar-refractivity contribution in [3.8, 4) is 0 Å². The molecule has 2 heterocycles. The Morgan fingerprint density at radius 3 is 2.57 bits per heavy atom. The molecule has 0 aromatic heterocycles. The minimum atomic E-state index is -0.456. The summed E-state index contributed by atoms with van der Waals surface area (Å²) in [6.07, 6.45) is 6.45. The van der Waals surface area contributed by atoms with Crippen LogP contribution in [0.1, 0.15) is 44.1 Å². The minimum absolute atomic E-state index is 0.232. The molecule has 0 N–H and O–H groups in total. The third kappa shape index (κ3) is 2.57. The number of carbonyl (C=O) groups is 1. The smallest absolute Gasteiger partial charge is 0.233 e. The lowest BCUT2D eigenvalue weighted by Gasteiger charge is -2.43. The van der Waals surface area contributed by atoms with Crippen molar-refractivity contribution in [1.29, 1.82) is 0 Å². The Balaban J connectivity index is 1.51. The van der Waals surface area contributed by atoms with Gasteiger partial charge in [0.1, 0.15) is 5.82 Å². The molecule has 0 radical (unpaired) electrons. The summed E-state index contributed by atoms with van der Waals surface area (Å²) in [4.78, 5) is 17.8. The summed E-state index contributed by atoms with van der Waals surface area (Å²) < 4.78 is 13.6. The molecule has 4 heteroatoms. The highest BCUT2D eigenvalue weighted by Gasteiger charge is 2.49. The number of rotatable bonds is 3. The topological polar surface area (TPSA) is 23.6 Å². The van der Waals surface area contributed by atoms with Crippen molar-refractivity contribution in [1.82, 2.24) is 9.80 Å². The van der Waals surface area contributed by atoms with Crippen LogP contribution in [0.5, 0.6) is 0 Å². The molecule has 3 fully saturated rings. The van der Waals surface area contributed by atoms with E-state index in [2.05, 4.69) is 4.90 Å². The maximum Gasteiger partial charge on any atom is 0.233 e. The molecule has 1 aromatic rings. The van der Waals surface area contributed by atoms with Crippen molar-refractivity contribution in [3.05, 3.63) is 35.6 Å². The molecule has 2 aliphatic heterocycles. The zero-order chi connectivity index (χ0) is 15.9. The summed E-state index contributed by atoms with van der Waals surface area (Å²) >= 11 is 0. The zero-order valence-electron chi connectivity index (χ0n) is 13.6. The summed E-state index contributed by atoms with van der Waals surface area (Å²) in [7, 11) is 0. The van der Waals surface area contributed by atoms with E-state index in [9.17, 15) is 9.18 Å². The predicted molar refractivity (Wildman–Crippen MR) is 87.7 cm³/mol. The van der Waals surface area contributed by atoms with E-state index in [-0.39, 0.29) is 11.7 Å². The van der Waals surface area contributed by atoms with E-state index in [1.54, 1.807) is 12.1 Å². The quantitative estimate of drug-likeness (QED) is 0.856. The van der Waals surface area contributed by atoms with Crippen molar-refractivity contribution in [3.63, 3.8) is 0 Å². The van der Waals surface area contributed by atoms with E-state index in [1.165, 1.54) is 32.0 Å². The van der Waals surface area contributed by atoms with Crippen molar-refractivity contribution >= 4 is 5.91 Å². The first-order chi connectivity index (χ1) is 11.2. The first-order valence-corrected chi connectivity index (χ1v) is 8.98. The second-order valence-corrected chi connectivity index (χ2v) is 7.38. The van der Waals surface area contributed by atoms with E-state index in [4.69, 9.17) is 0 Å². The van der Waals surface area contributed by atoms with Crippen LogP contribution in [-0.2, 0) is 10.2 Å². The lowest BCUT2D eigenvalue weighted by atomic mass is 9.63. The predicted octanol–water partition coefficient (Wildman–Crippen LogP) is 2.94. The van der Waals surface area contributed by atoms with E-state index in [0.29, 0.717) is 6.04 Å². The maximum absolute atomic E-state index is 13.6. The molecule has 1 aliphatic carbocycles. The average Bonchev–Trinajstić information content (AvgIpc) is 3.17. The fraction of sp³-hybridized carbons (Fsp3) is 0.632. The largest absolute Gasteiger partial charge is 0.340 e. The Labute approximate surface area is 137 Å². The van der Waals surface area contributed by atoms with Gasteiger partial charge in [-0.1, -0.05) is 18.6 Å². The highest BCUT2D eigenvalue weighted by molar-refractivity contribution is 5.89. The number of nitrogens with zero attached hydrogens (tertiary/aromatic N) is 2. The van der Waals surface area contributed by atoms with Gasteiger partial charge < -0.3 is 4.90 Å². The standard InChI is InChI=1S/C19H25FN2O/c20-16-6-3-5-15(13-16)19(8-4-9-19)18(23)22-12-7-17(14-22)21-10-1-2-11-21/h3,5-6,13,17H,1-2,4,7-12,14H2/t17-/m0/s1. The molecule has 1 amide bonds. The molecular formula is C19H25FN2O. The Kier molecular flexibility index (Phi) is 3.88. The van der Waals surface area contributed by atoms with Gasteiger partial charge in [0.15, 0.2) is 0 Å². The highest BCUT2D eigenvalue weighted by atomic mass is 19.1. The van der Waals surface area contributed by atoms with Crippen LogP contribution in [0.15, 0.2) is 24.3 Å². The van der Waals surface area contributed by atoms with E-state index >= 15 is 0 Å². The summed E-state index contributed by atoms with van der Waals surface area (Å²) in [5, 5.41) is 0. The van der Waals surface area contributed by atoms with Crippen LogP contribution >= 0.6 is 0 Å². The van der Waals surface area contributed by atoms with Crippen LogP contribution < -0.4 is 0 Å². The number of hydrogen-bond acceptors (Lipinski definition) is 2. The Morgan fingerprint density at radius 2 is 1.91 bits per heavy atom. The first kappa shape index (κ1) is 15.1. The molecule has 3 aliphatic rings. The fourth-order valence-electron chi connectivity index (χ4n) is 4.58. The molecule has 4 rings (SSSR count). The van der Waals surface area contributed by atoms with Gasteiger partial charge in [-0.25, -0.2) is 4.39 Å². The molecule has 1 aromatic carbocycles. The number of benzene rings is 1. The molecule has 3 nitrogen and oxygen atoms in total. The van der Waals surface area contributed by atoms with Gasteiger partial charge in [-0.2, -0.15) is 0 Å². The third-order valence-corrected chi connectivity index (χ3v) is 6.10. The first-order valence-electron chi connectivity index (χ1n) is 8.98. The van der Waals surface area contributed by atoms with Crippen LogP contribution in [-0.4, -0.2) is 47.9 Å². The van der Waals surface area contributed by atoms with Gasteiger partial charge in [-0.05, 0) is 62.9 Å². The van der Waals surface area contributed by atoms with Crippen molar-refractivity contribution in [2.24, 2.45) is 0 Å². The van der Waals surface area contributed by atoms with Crippen LogP contribution in [0.3, 0.4) is 0 Å². The molecule has 0 unspecified atom stereocenters. The van der Waals surface area contributed by atoms with Gasteiger partial charge >= 0.3 is 0 Å². The summed E-state index contributed by atoms with van der Waals surface area (Å²) in [6.45, 7) is 4.08. The van der Waals surface area contributed by atoms with Crippen LogP contribution in [0.2, 0.25) is 0 Å². The van der Waals surface area contributed by atoms with Gasteiger partial charge in [-0.15, -0.1) is 0 Å². The molecule has 1 saturated carbocycles. The van der Waals surface area contributed by atoms with Gasteiger partial charge in [0.2, 0.25) is 5.91 Å². The van der Waals surface area contributed by atoms with Crippen molar-refractivity contribution in [2.45, 2.75) is 50.0 Å². The van der Waals surface area contributed by atoms with Crippen molar-refractivity contribution < 1.29 is 9.18 Å². The van der Waals surface area contributed by atoms with Gasteiger partial charge in [0.25, 0.3) is 0 Å². The zero-order valence-corrected chi connectivity index (χ0v) is 13.6. The molecule has 1 atom stereocenters. The number of hydrogen-bond donors (Lipinski definition) is 0. The van der Waals surface area contributed by atoms with E-state index in [0.717, 1.165) is 44.3 Å². The average molecular weight is 316 g/mol. The number of likely N-dealkylation sites (tertiary alicyclic amines) is 2. The fourth-order valence-corrected chi connectivity index (χ4v) is 4.58. The molecule has 2 saturated heterocycles. The lowest BCUT2D eigenvalue weighted by Crippen LogP contribution is -2.51. The SMILES string of the molecule is O=C(N1CC[C@H](N2CCCC2)C1)C1(c2cccc(F)c2)CCC1. The number of amides is 1. The van der Waals surface area contributed by atoms with E-state index in [1.807, 2.05) is 11.0 Å². The molecule has 124 valence electrons. The van der Waals surface area contributed by atoms with Crippen LogP contribution in [0.4, 0.5) is 4.39 Å². The maximum atomic E-state index is 13.6. The molecule has 23 heavy (non-hydrogen) atoms. The Morgan fingerprint density at radius 1 is 1.13 bits per heavy atom. The second kappa shape index (κ2) is 5.90. The number of halogens is 1. The summed E-state index contributed by atoms with van der Waals surface area (Å²) in [6, 6.07) is 7.21. The summed E-state index contributed by atoms with van der Waals surface area (Å²) in [5.74, 6) is -0.00557. The molecular weight excluding hydrogens is 291 g/mol. The second-order valence-electron chi connectivity index (χ2n) is 7.38. The molecule has 0 bridgehead atoms.